The molecule has 1 atom stereocenters. The van der Waals surface area contributed by atoms with Crippen LogP contribution in [-0.4, -0.2) is 48.3 Å². The highest BCUT2D eigenvalue weighted by atomic mass is 32.2. The molecule has 3 aromatic rings. The Kier molecular flexibility index (Phi) is 5.91. The van der Waals surface area contributed by atoms with E-state index in [9.17, 15) is 4.79 Å². The van der Waals surface area contributed by atoms with E-state index in [1.165, 1.54) is 23.1 Å². The molecule has 1 fully saturated rings. The molecule has 1 aliphatic heterocycles. The molecule has 1 aromatic carbocycles. The van der Waals surface area contributed by atoms with E-state index < -0.39 is 0 Å². The van der Waals surface area contributed by atoms with E-state index in [1.807, 2.05) is 37.3 Å². The van der Waals surface area contributed by atoms with Gasteiger partial charge in [0.25, 0.3) is 0 Å². The maximum absolute atomic E-state index is 12.7. The van der Waals surface area contributed by atoms with Crippen molar-refractivity contribution in [2.24, 2.45) is 0 Å². The number of thiophene rings is 1. The van der Waals surface area contributed by atoms with Crippen LogP contribution in [0.15, 0.2) is 35.4 Å². The third-order valence-electron chi connectivity index (χ3n) is 4.47. The monoisotopic (exact) mass is 415 g/mol. The fourth-order valence-electron chi connectivity index (χ4n) is 3.06. The van der Waals surface area contributed by atoms with Gasteiger partial charge in [-0.05, 0) is 37.3 Å². The van der Waals surface area contributed by atoms with Crippen LogP contribution in [0.5, 0.6) is 5.75 Å². The zero-order chi connectivity index (χ0) is 19.5. The molecule has 2 aromatic heterocycles. The molecule has 0 bridgehead atoms. The number of carbonyl (C=O) groups is 1. The highest BCUT2D eigenvalue weighted by Gasteiger charge is 2.20. The first-order valence-electron chi connectivity index (χ1n) is 9.04. The maximum atomic E-state index is 12.7. The first-order chi connectivity index (χ1) is 13.6. The van der Waals surface area contributed by atoms with Crippen LogP contribution in [0.4, 0.5) is 0 Å². The Labute approximate surface area is 171 Å². The molecule has 3 heterocycles. The smallest absolute Gasteiger partial charge is 0.183 e. The Hall–Kier alpha value is -2.00. The lowest BCUT2D eigenvalue weighted by atomic mass is 10.2. The van der Waals surface area contributed by atoms with Crippen LogP contribution in [0.25, 0.3) is 10.9 Å². The van der Waals surface area contributed by atoms with Crippen LogP contribution >= 0.6 is 23.1 Å². The Morgan fingerprint density at radius 2 is 2.25 bits per heavy atom. The summed E-state index contributed by atoms with van der Waals surface area (Å²) < 4.78 is 11.1. The van der Waals surface area contributed by atoms with Gasteiger partial charge in [0.05, 0.1) is 29.9 Å². The van der Waals surface area contributed by atoms with Gasteiger partial charge in [-0.25, -0.2) is 9.97 Å². The van der Waals surface area contributed by atoms with E-state index in [0.29, 0.717) is 18.2 Å². The second-order valence-corrected chi connectivity index (χ2v) is 8.52. The normalized spacial score (nSPS) is 17.0. The zero-order valence-electron chi connectivity index (χ0n) is 15.7. The van der Waals surface area contributed by atoms with Crippen LogP contribution in [-0.2, 0) is 4.74 Å². The summed E-state index contributed by atoms with van der Waals surface area (Å²) in [5, 5.41) is 5.02. The Morgan fingerprint density at radius 3 is 3.04 bits per heavy atom. The SMILES string of the molecule is COc1ccc2nc(C)nc(SCC(=O)c3ccc([C@H]4CNCCO4)s3)c2c1. The topological polar surface area (TPSA) is 73.3 Å². The van der Waals surface area contributed by atoms with Crippen molar-refractivity contribution in [1.29, 1.82) is 0 Å². The van der Waals surface area contributed by atoms with Gasteiger partial charge in [-0.2, -0.15) is 0 Å². The van der Waals surface area contributed by atoms with Crippen LogP contribution in [0, 0.1) is 6.92 Å². The number of Topliss-reactive ketones (excluding diaryl/α,β-unsaturated/α-hetero) is 1. The van der Waals surface area contributed by atoms with Gasteiger partial charge in [0.15, 0.2) is 5.78 Å². The molecule has 1 aliphatic rings. The second-order valence-electron chi connectivity index (χ2n) is 6.44. The summed E-state index contributed by atoms with van der Waals surface area (Å²) in [6.07, 6.45) is 0.0360. The number of thioether (sulfide) groups is 1. The maximum Gasteiger partial charge on any atom is 0.183 e. The van der Waals surface area contributed by atoms with E-state index in [4.69, 9.17) is 9.47 Å². The molecule has 28 heavy (non-hydrogen) atoms. The minimum absolute atomic E-state index is 0.0360. The minimum atomic E-state index is 0.0360. The van der Waals surface area contributed by atoms with Crippen molar-refractivity contribution >= 4 is 39.8 Å². The van der Waals surface area contributed by atoms with Gasteiger partial charge in [0, 0.05) is 23.4 Å². The number of nitrogens with zero attached hydrogens (tertiary/aromatic N) is 2. The number of aryl methyl sites for hydroxylation is 1. The van der Waals surface area contributed by atoms with Gasteiger partial charge in [0.2, 0.25) is 0 Å². The Balaban J connectivity index is 1.49. The second kappa shape index (κ2) is 8.57. The van der Waals surface area contributed by atoms with E-state index in [-0.39, 0.29) is 11.9 Å². The summed E-state index contributed by atoms with van der Waals surface area (Å²) in [4.78, 5) is 23.6. The lowest BCUT2D eigenvalue weighted by Crippen LogP contribution is -2.32. The number of nitrogens with one attached hydrogen (secondary N) is 1. The Morgan fingerprint density at radius 1 is 1.36 bits per heavy atom. The lowest BCUT2D eigenvalue weighted by Gasteiger charge is -2.22. The molecular weight excluding hydrogens is 394 g/mol. The number of ether oxygens (including phenoxy) is 2. The summed E-state index contributed by atoms with van der Waals surface area (Å²) in [5.41, 5.74) is 0.851. The predicted octanol–water partition coefficient (Wildman–Crippen LogP) is 3.64. The number of ketones is 1. The van der Waals surface area contributed by atoms with Crippen LogP contribution < -0.4 is 10.1 Å². The molecule has 0 unspecified atom stereocenters. The molecule has 8 heteroatoms. The first-order valence-corrected chi connectivity index (χ1v) is 10.8. The third-order valence-corrected chi connectivity index (χ3v) is 6.68. The van der Waals surface area contributed by atoms with E-state index in [1.54, 1.807) is 7.11 Å². The van der Waals surface area contributed by atoms with E-state index in [2.05, 4.69) is 15.3 Å². The van der Waals surface area contributed by atoms with Gasteiger partial charge in [-0.15, -0.1) is 11.3 Å². The minimum Gasteiger partial charge on any atom is -0.497 e. The molecule has 146 valence electrons. The fourth-order valence-corrected chi connectivity index (χ4v) is 5.08. The molecule has 0 aliphatic carbocycles. The zero-order valence-corrected chi connectivity index (χ0v) is 17.4. The molecule has 0 radical (unpaired) electrons. The number of hydrogen-bond donors (Lipinski definition) is 1. The predicted molar refractivity (Wildman–Crippen MR) is 112 cm³/mol. The van der Waals surface area contributed by atoms with Crippen molar-refractivity contribution in [3.05, 3.63) is 45.9 Å². The number of rotatable bonds is 6. The standard InChI is InChI=1S/C20H21N3O3S2/c1-12-22-15-4-3-13(25-2)9-14(15)20(23-12)27-11-16(24)18-5-6-19(28-18)17-10-21-7-8-26-17/h3-6,9,17,21H,7-8,10-11H2,1-2H3/t17-/m1/s1. The molecule has 4 rings (SSSR count). The first kappa shape index (κ1) is 19.3. The average molecular weight is 416 g/mol. The van der Waals surface area contributed by atoms with Crippen LogP contribution in [0.1, 0.15) is 26.5 Å². The van der Waals surface area contributed by atoms with Crippen molar-refractivity contribution in [2.75, 3.05) is 32.6 Å². The van der Waals surface area contributed by atoms with E-state index >= 15 is 0 Å². The summed E-state index contributed by atoms with van der Waals surface area (Å²) in [6, 6.07) is 9.60. The molecule has 1 saturated heterocycles. The Bertz CT molecular complexity index is 1000. The number of carbonyl (C=O) groups excluding carboxylic acids is 1. The van der Waals surface area contributed by atoms with Crippen molar-refractivity contribution < 1.29 is 14.3 Å². The summed E-state index contributed by atoms with van der Waals surface area (Å²) in [7, 11) is 1.63. The molecule has 0 saturated carbocycles. The molecule has 0 spiro atoms. The molecule has 1 N–H and O–H groups in total. The molecule has 0 amide bonds. The van der Waals surface area contributed by atoms with Crippen molar-refractivity contribution in [1.82, 2.24) is 15.3 Å². The van der Waals surface area contributed by atoms with Gasteiger partial charge in [-0.1, -0.05) is 11.8 Å². The van der Waals surface area contributed by atoms with Crippen molar-refractivity contribution in [3.63, 3.8) is 0 Å². The van der Waals surface area contributed by atoms with Crippen LogP contribution in [0.2, 0.25) is 0 Å². The summed E-state index contributed by atoms with van der Waals surface area (Å²) in [6.45, 7) is 4.23. The van der Waals surface area contributed by atoms with Gasteiger partial charge in [0.1, 0.15) is 22.7 Å². The summed E-state index contributed by atoms with van der Waals surface area (Å²) >= 11 is 2.95. The molecular formula is C20H21N3O3S2. The number of hydrogen-bond acceptors (Lipinski definition) is 8. The third kappa shape index (κ3) is 4.20. The van der Waals surface area contributed by atoms with Gasteiger partial charge >= 0.3 is 0 Å². The number of aromatic nitrogens is 2. The number of fused-ring (bicyclic) bond motifs is 1. The van der Waals surface area contributed by atoms with E-state index in [0.717, 1.165) is 44.5 Å². The largest absolute Gasteiger partial charge is 0.497 e. The number of benzene rings is 1. The highest BCUT2D eigenvalue weighted by Crippen LogP contribution is 2.31. The number of morpholine rings is 1. The number of methoxy groups -OCH3 is 1. The van der Waals surface area contributed by atoms with Crippen molar-refractivity contribution in [3.8, 4) is 5.75 Å². The van der Waals surface area contributed by atoms with Crippen LogP contribution in [0.3, 0.4) is 0 Å². The van der Waals surface area contributed by atoms with Crippen molar-refractivity contribution in [2.45, 2.75) is 18.1 Å². The quantitative estimate of drug-likeness (QED) is 0.374. The fraction of sp³-hybridized carbons (Fsp3) is 0.350. The van der Waals surface area contributed by atoms with Gasteiger partial charge < -0.3 is 14.8 Å². The molecule has 6 nitrogen and oxygen atoms in total. The highest BCUT2D eigenvalue weighted by molar-refractivity contribution is 8.00. The average Bonchev–Trinajstić information content (AvgIpc) is 3.22. The van der Waals surface area contributed by atoms with Gasteiger partial charge in [-0.3, -0.25) is 4.79 Å². The lowest BCUT2D eigenvalue weighted by molar-refractivity contribution is 0.0299. The summed E-state index contributed by atoms with van der Waals surface area (Å²) in [5.74, 6) is 1.86.